The van der Waals surface area contributed by atoms with E-state index in [9.17, 15) is 27.4 Å². The van der Waals surface area contributed by atoms with E-state index in [0.29, 0.717) is 5.01 Å². The smallest absolute Gasteiger partial charge is 0.430 e. The zero-order chi connectivity index (χ0) is 33.6. The van der Waals surface area contributed by atoms with E-state index >= 15 is 0 Å². The third-order valence-corrected chi connectivity index (χ3v) is 7.96. The van der Waals surface area contributed by atoms with Crippen molar-refractivity contribution in [2.24, 2.45) is 0 Å². The third-order valence-electron chi connectivity index (χ3n) is 6.96. The van der Waals surface area contributed by atoms with E-state index in [1.54, 1.807) is 41.5 Å². The number of nitrogens with one attached hydrogen (secondary N) is 1. The Morgan fingerprint density at radius 1 is 0.837 bits per heavy atom. The number of unbranched alkanes of at least 4 members (excludes halogenated alkanes) is 4. The monoisotopic (exact) mass is 636 g/mol. The van der Waals surface area contributed by atoms with E-state index in [0.717, 1.165) is 0 Å². The Morgan fingerprint density at radius 2 is 1.21 bits per heavy atom. The van der Waals surface area contributed by atoms with Crippen LogP contribution in [0, 0.1) is 0 Å². The molecule has 0 aromatic rings. The molecule has 12 nitrogen and oxygen atoms in total. The summed E-state index contributed by atoms with van der Waals surface area (Å²) in [6, 6.07) is -2.62. The second-order valence-electron chi connectivity index (χ2n) is 13.4. The lowest BCUT2D eigenvalue weighted by Gasteiger charge is -2.48. The van der Waals surface area contributed by atoms with Crippen LogP contribution < -0.4 is 5.43 Å². The number of hydrazine groups is 1. The molecular formula is C30H60N4O8S. The first-order valence-corrected chi connectivity index (χ1v) is 17.2. The van der Waals surface area contributed by atoms with Gasteiger partial charge in [0.1, 0.15) is 11.2 Å². The molecule has 254 valence electrons. The van der Waals surface area contributed by atoms with Gasteiger partial charge < -0.3 is 18.5 Å². The first-order chi connectivity index (χ1) is 19.7. The van der Waals surface area contributed by atoms with Crippen LogP contribution in [-0.2, 0) is 24.6 Å². The summed E-state index contributed by atoms with van der Waals surface area (Å²) < 4.78 is 45.0. The molecule has 0 saturated carbocycles. The van der Waals surface area contributed by atoms with E-state index < -0.39 is 51.7 Å². The molecule has 0 radical (unpaired) electrons. The van der Waals surface area contributed by atoms with Gasteiger partial charge in [-0.05, 0) is 74.1 Å². The highest BCUT2D eigenvalue weighted by Gasteiger charge is 2.54. The molecule has 0 bridgehead atoms. The summed E-state index contributed by atoms with van der Waals surface area (Å²) in [7, 11) is -5.04. The summed E-state index contributed by atoms with van der Waals surface area (Å²) in [5.41, 5.74) is 0.245. The molecule has 0 spiro atoms. The van der Waals surface area contributed by atoms with Gasteiger partial charge >= 0.3 is 12.2 Å². The maximum Gasteiger partial charge on any atom is 0.430 e. The lowest BCUT2D eigenvalue weighted by atomic mass is 10.0. The van der Waals surface area contributed by atoms with E-state index in [1.807, 2.05) is 0 Å². The van der Waals surface area contributed by atoms with Gasteiger partial charge in [0.25, 0.3) is 5.91 Å². The molecule has 0 aromatic carbocycles. The number of rotatable bonds is 14. The van der Waals surface area contributed by atoms with Crippen molar-refractivity contribution < 1.29 is 41.3 Å². The van der Waals surface area contributed by atoms with E-state index in [4.69, 9.17) is 9.47 Å². The van der Waals surface area contributed by atoms with E-state index in [2.05, 4.69) is 33.1 Å². The van der Waals surface area contributed by atoms with Gasteiger partial charge in [-0.25, -0.2) is 32.7 Å². The van der Waals surface area contributed by atoms with Crippen molar-refractivity contribution in [1.29, 1.82) is 0 Å². The molecule has 1 aliphatic heterocycles. The number of carbonyl (C=O) groups excluding carboxylic acids is 3. The van der Waals surface area contributed by atoms with Crippen LogP contribution in [0.2, 0.25) is 0 Å². The van der Waals surface area contributed by atoms with Crippen LogP contribution >= 0.6 is 0 Å². The van der Waals surface area contributed by atoms with E-state index in [1.165, 1.54) is 89.0 Å². The second-order valence-corrected chi connectivity index (χ2v) is 14.6. The second kappa shape index (κ2) is 18.0. The first-order valence-electron chi connectivity index (χ1n) is 15.8. The first kappa shape index (κ1) is 40.9. The maximum absolute atomic E-state index is 12.4. The van der Waals surface area contributed by atoms with Crippen LogP contribution in [0.1, 0.15) is 128 Å². The Balaban J connectivity index is 0.000000901. The maximum atomic E-state index is 12.4. The van der Waals surface area contributed by atoms with Crippen molar-refractivity contribution in [3.05, 3.63) is 0 Å². The third kappa shape index (κ3) is 14.9. The number of ether oxygens (including phenoxy) is 2. The Bertz CT molecular complexity index is 938. The molecule has 1 rings (SSSR count). The summed E-state index contributed by atoms with van der Waals surface area (Å²) in [4.78, 5) is 36.5. The highest BCUT2D eigenvalue weighted by atomic mass is 32.2. The number of nitrogens with zero attached hydrogens (tertiary/aromatic N) is 3. The fourth-order valence-corrected chi connectivity index (χ4v) is 5.66. The normalized spacial score (nSPS) is 17.4. The van der Waals surface area contributed by atoms with E-state index in [-0.39, 0.29) is 4.31 Å². The Morgan fingerprint density at radius 3 is 1.49 bits per heavy atom. The summed E-state index contributed by atoms with van der Waals surface area (Å²) in [6.07, 6.45) is 8.91. The Hall–Kier alpha value is -2.12. The molecule has 3 amide bonds. The SMILES string of the molecule is CCCC[N+](CCCC)(CCCC)CCCC.C[C@@H]1[C@H](N(NC(=O)OC(C)(C)C)C(=O)OC(C)(C)C)C(=O)N1S(=O)(=O)[O-]. The van der Waals surface area contributed by atoms with Crippen LogP contribution in [0.3, 0.4) is 0 Å². The minimum atomic E-state index is -5.04. The zero-order valence-electron chi connectivity index (χ0n) is 28.7. The van der Waals surface area contributed by atoms with Crippen LogP contribution in [0.4, 0.5) is 9.59 Å². The molecular weight excluding hydrogens is 576 g/mol. The van der Waals surface area contributed by atoms with Crippen molar-refractivity contribution in [1.82, 2.24) is 14.7 Å². The number of amides is 3. The standard InChI is InChI=1S/C16H36N.C14H25N3O8S/c1-5-9-13-17(14-10-6-2,15-11-7-3)16-12-8-4;1-8-9(10(18)17(8)26(21,22)23)16(12(20)25-14(5,6)7)15-11(19)24-13(2,3)4/h5-16H2,1-4H3;8-9H,1-7H3,(H,15,19)(H,21,22,23)/q+1;/p-1/t;8-,9+/m.1/s1. The number of carbonyl (C=O) groups is 3. The van der Waals surface area contributed by atoms with Crippen molar-refractivity contribution in [3.8, 4) is 0 Å². The Kier molecular flexibility index (Phi) is 17.1. The van der Waals surface area contributed by atoms with Gasteiger partial charge in [-0.1, -0.05) is 53.4 Å². The summed E-state index contributed by atoms with van der Waals surface area (Å²) >= 11 is 0. The summed E-state index contributed by atoms with van der Waals surface area (Å²) in [6.45, 7) is 25.7. The van der Waals surface area contributed by atoms with Gasteiger partial charge in [0.05, 0.1) is 32.2 Å². The molecule has 0 aromatic heterocycles. The summed E-state index contributed by atoms with van der Waals surface area (Å²) in [5, 5.41) is 0.536. The predicted molar refractivity (Wildman–Crippen MR) is 167 cm³/mol. The van der Waals surface area contributed by atoms with Crippen molar-refractivity contribution >= 4 is 28.4 Å². The van der Waals surface area contributed by atoms with Crippen LogP contribution in [0.15, 0.2) is 0 Å². The largest absolute Gasteiger partial charge is 0.731 e. The molecule has 1 heterocycles. The fourth-order valence-electron chi connectivity index (χ4n) is 4.81. The molecule has 43 heavy (non-hydrogen) atoms. The van der Waals surface area contributed by atoms with Gasteiger partial charge in [0.15, 0.2) is 16.3 Å². The average molecular weight is 637 g/mol. The molecule has 2 atom stereocenters. The molecule has 0 unspecified atom stereocenters. The molecule has 0 aliphatic carbocycles. The molecule has 1 aliphatic rings. The van der Waals surface area contributed by atoms with Crippen LogP contribution in [0.5, 0.6) is 0 Å². The van der Waals surface area contributed by atoms with Crippen molar-refractivity contribution in [2.75, 3.05) is 26.2 Å². The molecule has 1 saturated heterocycles. The van der Waals surface area contributed by atoms with Gasteiger partial charge in [0.2, 0.25) is 0 Å². The fraction of sp³-hybridized carbons (Fsp3) is 0.900. The molecule has 1 N–H and O–H groups in total. The minimum Gasteiger partial charge on any atom is -0.731 e. The molecule has 1 fully saturated rings. The quantitative estimate of drug-likeness (QED) is 0.110. The van der Waals surface area contributed by atoms with Crippen molar-refractivity contribution in [2.45, 2.75) is 151 Å². The number of hydrogen-bond donors (Lipinski definition) is 1. The number of quaternary nitrogens is 1. The zero-order valence-corrected chi connectivity index (χ0v) is 29.5. The average Bonchev–Trinajstić information content (AvgIpc) is 2.85. The van der Waals surface area contributed by atoms with Crippen molar-refractivity contribution in [3.63, 3.8) is 0 Å². The van der Waals surface area contributed by atoms with Crippen LogP contribution in [-0.4, -0.2) is 94.3 Å². The van der Waals surface area contributed by atoms with Gasteiger partial charge in [-0.3, -0.25) is 4.79 Å². The van der Waals surface area contributed by atoms with Crippen LogP contribution in [0.25, 0.3) is 0 Å². The highest BCUT2D eigenvalue weighted by Crippen LogP contribution is 2.28. The Labute approximate surface area is 261 Å². The number of β-lactam (4-membered cyclic amide) rings is 1. The summed E-state index contributed by atoms with van der Waals surface area (Å²) in [5.74, 6) is -1.16. The molecule has 13 heteroatoms. The van der Waals surface area contributed by atoms with Gasteiger partial charge in [0, 0.05) is 0 Å². The topological polar surface area (TPSA) is 145 Å². The lowest BCUT2D eigenvalue weighted by molar-refractivity contribution is -0.929. The lowest BCUT2D eigenvalue weighted by Crippen LogP contribution is -2.74. The predicted octanol–water partition coefficient (Wildman–Crippen LogP) is 5.73. The minimum absolute atomic E-state index is 0.0891. The highest BCUT2D eigenvalue weighted by molar-refractivity contribution is 7.84. The van der Waals surface area contributed by atoms with Gasteiger partial charge in [-0.2, -0.15) is 0 Å². The number of hydrogen-bond acceptors (Lipinski definition) is 8. The van der Waals surface area contributed by atoms with Gasteiger partial charge in [-0.15, -0.1) is 0 Å².